The average molecular weight is 339 g/mol. The number of anilines is 1. The van der Waals surface area contributed by atoms with Gasteiger partial charge in [-0.25, -0.2) is 4.39 Å². The van der Waals surface area contributed by atoms with Crippen LogP contribution in [0.1, 0.15) is 6.42 Å². The summed E-state index contributed by atoms with van der Waals surface area (Å²) in [5, 5.41) is 14.3. The van der Waals surface area contributed by atoms with E-state index in [4.69, 9.17) is 9.47 Å². The first-order valence-corrected chi connectivity index (χ1v) is 8.22. The van der Waals surface area contributed by atoms with Crippen molar-refractivity contribution in [3.05, 3.63) is 34.1 Å². The Bertz CT molecular complexity index is 574. The summed E-state index contributed by atoms with van der Waals surface area (Å²) in [6, 6.07) is 3.82. The lowest BCUT2D eigenvalue weighted by Crippen LogP contribution is -2.50. The summed E-state index contributed by atoms with van der Waals surface area (Å²) in [4.78, 5) is 12.9. The molecule has 132 valence electrons. The van der Waals surface area contributed by atoms with Gasteiger partial charge in [0, 0.05) is 38.2 Å². The lowest BCUT2D eigenvalue weighted by atomic mass is 9.96. The number of nitro groups is 1. The normalized spacial score (nSPS) is 23.1. The van der Waals surface area contributed by atoms with Gasteiger partial charge in [-0.1, -0.05) is 0 Å². The average Bonchev–Trinajstić information content (AvgIpc) is 3.11. The molecule has 3 rings (SSSR count). The lowest BCUT2D eigenvalue weighted by molar-refractivity contribution is -0.384. The van der Waals surface area contributed by atoms with Gasteiger partial charge in [0.2, 0.25) is 0 Å². The Labute approximate surface area is 139 Å². The van der Waals surface area contributed by atoms with Crippen molar-refractivity contribution in [1.82, 2.24) is 4.90 Å². The summed E-state index contributed by atoms with van der Waals surface area (Å²) in [6.45, 7) is 5.09. The number of hydrogen-bond donors (Lipinski definition) is 1. The highest BCUT2D eigenvalue weighted by Gasteiger charge is 2.31. The van der Waals surface area contributed by atoms with Crippen molar-refractivity contribution in [2.45, 2.75) is 12.5 Å². The molecule has 8 heteroatoms. The minimum atomic E-state index is -0.610. The van der Waals surface area contributed by atoms with E-state index in [2.05, 4.69) is 10.2 Å². The molecule has 1 aromatic carbocycles. The number of nitrogens with one attached hydrogen (secondary N) is 1. The van der Waals surface area contributed by atoms with Crippen molar-refractivity contribution in [3.63, 3.8) is 0 Å². The smallest absolute Gasteiger partial charge is 0.295 e. The molecule has 0 spiro atoms. The molecule has 2 fully saturated rings. The molecule has 0 saturated carbocycles. The Kier molecular flexibility index (Phi) is 5.60. The van der Waals surface area contributed by atoms with Crippen LogP contribution in [0.5, 0.6) is 0 Å². The molecular weight excluding hydrogens is 317 g/mol. The molecule has 0 aromatic heterocycles. The Hall–Kier alpha value is -1.77. The lowest BCUT2D eigenvalue weighted by Gasteiger charge is -2.37. The van der Waals surface area contributed by atoms with Gasteiger partial charge in [0.05, 0.1) is 30.8 Å². The number of nitro benzene ring substituents is 1. The van der Waals surface area contributed by atoms with Crippen LogP contribution < -0.4 is 5.32 Å². The minimum Gasteiger partial charge on any atom is -0.381 e. The second-order valence-electron chi connectivity index (χ2n) is 6.14. The Balaban J connectivity index is 1.72. The van der Waals surface area contributed by atoms with Gasteiger partial charge in [0.1, 0.15) is 11.5 Å². The van der Waals surface area contributed by atoms with Gasteiger partial charge in [0.25, 0.3) is 5.69 Å². The molecule has 0 amide bonds. The number of morpholine rings is 1. The van der Waals surface area contributed by atoms with Crippen molar-refractivity contribution in [1.29, 1.82) is 0 Å². The quantitative estimate of drug-likeness (QED) is 0.630. The summed E-state index contributed by atoms with van der Waals surface area (Å²) < 4.78 is 24.2. The maximum absolute atomic E-state index is 13.3. The second kappa shape index (κ2) is 7.87. The zero-order chi connectivity index (χ0) is 16.9. The predicted octanol–water partition coefficient (Wildman–Crippen LogP) is 1.88. The first kappa shape index (κ1) is 17.1. The van der Waals surface area contributed by atoms with Gasteiger partial charge in [0.15, 0.2) is 0 Å². The molecule has 2 aliphatic heterocycles. The van der Waals surface area contributed by atoms with Crippen LogP contribution in [0.3, 0.4) is 0 Å². The standard InChI is InChI=1S/C16H22FN3O4/c17-13-1-2-14(15(9-13)20(21)22)18-10-16(12-3-6-24-11-12)19-4-7-23-8-5-19/h1-2,9,12,16,18H,3-8,10-11H2/t12-,16-/m1/s1. The van der Waals surface area contributed by atoms with Crippen LogP contribution >= 0.6 is 0 Å². The number of benzene rings is 1. The van der Waals surface area contributed by atoms with E-state index >= 15 is 0 Å². The SMILES string of the molecule is O=[N+]([O-])c1cc(F)ccc1NC[C@H]([C@@H]1CCOC1)N1CCOCC1. The third kappa shape index (κ3) is 4.00. The molecule has 2 saturated heterocycles. The van der Waals surface area contributed by atoms with Crippen LogP contribution in [0.25, 0.3) is 0 Å². The molecule has 2 aliphatic rings. The topological polar surface area (TPSA) is 76.9 Å². The zero-order valence-electron chi connectivity index (χ0n) is 13.4. The van der Waals surface area contributed by atoms with Crippen molar-refractivity contribution in [2.75, 3.05) is 51.4 Å². The summed E-state index contributed by atoms with van der Waals surface area (Å²) in [7, 11) is 0. The number of nitrogens with zero attached hydrogens (tertiary/aromatic N) is 2. The summed E-state index contributed by atoms with van der Waals surface area (Å²) in [6.07, 6.45) is 0.981. The van der Waals surface area contributed by atoms with Gasteiger partial charge in [-0.3, -0.25) is 15.0 Å². The fourth-order valence-corrected chi connectivity index (χ4v) is 3.38. The maximum Gasteiger partial charge on any atom is 0.295 e. The van der Waals surface area contributed by atoms with E-state index < -0.39 is 10.7 Å². The number of hydrogen-bond acceptors (Lipinski definition) is 6. The molecular formula is C16H22FN3O4. The first-order chi connectivity index (χ1) is 11.6. The second-order valence-corrected chi connectivity index (χ2v) is 6.14. The molecule has 2 heterocycles. The Morgan fingerprint density at radius 1 is 1.33 bits per heavy atom. The molecule has 0 radical (unpaired) electrons. The molecule has 0 bridgehead atoms. The van der Waals surface area contributed by atoms with Gasteiger partial charge in [-0.2, -0.15) is 0 Å². The molecule has 24 heavy (non-hydrogen) atoms. The predicted molar refractivity (Wildman–Crippen MR) is 86.7 cm³/mol. The van der Waals surface area contributed by atoms with Gasteiger partial charge >= 0.3 is 0 Å². The van der Waals surface area contributed by atoms with Crippen LogP contribution in [0.2, 0.25) is 0 Å². The van der Waals surface area contributed by atoms with Crippen molar-refractivity contribution in [2.24, 2.45) is 5.92 Å². The van der Waals surface area contributed by atoms with E-state index in [1.165, 1.54) is 12.1 Å². The Morgan fingerprint density at radius 3 is 2.79 bits per heavy atom. The molecule has 2 atom stereocenters. The third-order valence-corrected chi connectivity index (χ3v) is 4.68. The van der Waals surface area contributed by atoms with Gasteiger partial charge < -0.3 is 14.8 Å². The highest BCUT2D eigenvalue weighted by molar-refractivity contribution is 5.61. The molecule has 1 N–H and O–H groups in total. The van der Waals surface area contributed by atoms with Gasteiger partial charge in [-0.05, 0) is 18.6 Å². The summed E-state index contributed by atoms with van der Waals surface area (Å²) >= 11 is 0. The number of rotatable bonds is 6. The third-order valence-electron chi connectivity index (χ3n) is 4.68. The van der Waals surface area contributed by atoms with Crippen LogP contribution in [-0.4, -0.2) is 61.9 Å². The highest BCUT2D eigenvalue weighted by atomic mass is 19.1. The number of ether oxygens (including phenoxy) is 2. The fourth-order valence-electron chi connectivity index (χ4n) is 3.38. The van der Waals surface area contributed by atoms with Crippen molar-refractivity contribution < 1.29 is 18.8 Å². The van der Waals surface area contributed by atoms with E-state index in [0.29, 0.717) is 38.0 Å². The molecule has 0 aliphatic carbocycles. The van der Waals surface area contributed by atoms with E-state index in [9.17, 15) is 14.5 Å². The van der Waals surface area contributed by atoms with Crippen LogP contribution in [0.4, 0.5) is 15.8 Å². The van der Waals surface area contributed by atoms with E-state index in [0.717, 1.165) is 32.2 Å². The van der Waals surface area contributed by atoms with E-state index in [1.807, 2.05) is 0 Å². The summed E-state index contributed by atoms with van der Waals surface area (Å²) in [5.41, 5.74) is 0.108. The minimum absolute atomic E-state index is 0.209. The molecule has 0 unspecified atom stereocenters. The van der Waals surface area contributed by atoms with Crippen LogP contribution in [0.15, 0.2) is 18.2 Å². The van der Waals surface area contributed by atoms with Crippen LogP contribution in [-0.2, 0) is 9.47 Å². The molecule has 7 nitrogen and oxygen atoms in total. The highest BCUT2D eigenvalue weighted by Crippen LogP contribution is 2.27. The largest absolute Gasteiger partial charge is 0.381 e. The van der Waals surface area contributed by atoms with Crippen molar-refractivity contribution in [3.8, 4) is 0 Å². The first-order valence-electron chi connectivity index (χ1n) is 8.22. The fraction of sp³-hybridized carbons (Fsp3) is 0.625. The zero-order valence-corrected chi connectivity index (χ0v) is 13.4. The van der Waals surface area contributed by atoms with E-state index in [-0.39, 0.29) is 11.7 Å². The maximum atomic E-state index is 13.3. The monoisotopic (exact) mass is 339 g/mol. The summed E-state index contributed by atoms with van der Waals surface area (Å²) in [5.74, 6) is -0.226. The molecule has 1 aromatic rings. The van der Waals surface area contributed by atoms with Crippen LogP contribution in [0, 0.1) is 21.8 Å². The van der Waals surface area contributed by atoms with Gasteiger partial charge in [-0.15, -0.1) is 0 Å². The number of halogens is 1. The van der Waals surface area contributed by atoms with Crippen molar-refractivity contribution >= 4 is 11.4 Å². The Morgan fingerprint density at radius 2 is 2.12 bits per heavy atom. The van der Waals surface area contributed by atoms with E-state index in [1.54, 1.807) is 0 Å².